The molecule has 0 radical (unpaired) electrons. The lowest BCUT2D eigenvalue weighted by Crippen LogP contribution is -2.46. The van der Waals surface area contributed by atoms with Crippen LogP contribution in [-0.2, 0) is 19.5 Å². The Morgan fingerprint density at radius 1 is 1.12 bits per heavy atom. The van der Waals surface area contributed by atoms with E-state index < -0.39 is 5.60 Å². The lowest BCUT2D eigenvalue weighted by atomic mass is 9.91. The number of rotatable bonds is 8. The number of hydrogen-bond acceptors (Lipinski definition) is 6. The predicted octanol–water partition coefficient (Wildman–Crippen LogP) is 2.01. The van der Waals surface area contributed by atoms with Crippen molar-refractivity contribution in [3.8, 4) is 0 Å². The SMILES string of the molecule is CN(CCc1ccccn1)C(=O)c1cn(CC2(O)CCN(Cc3ccccc3)CC2)nn1. The highest BCUT2D eigenvalue weighted by Gasteiger charge is 2.33. The molecule has 0 spiro atoms. The Labute approximate surface area is 188 Å². The van der Waals surface area contributed by atoms with Gasteiger partial charge < -0.3 is 10.0 Å². The molecule has 0 saturated carbocycles. The van der Waals surface area contributed by atoms with E-state index in [1.165, 1.54) is 5.56 Å². The molecule has 0 atom stereocenters. The Kier molecular flexibility index (Phi) is 6.92. The van der Waals surface area contributed by atoms with E-state index in [9.17, 15) is 9.90 Å². The molecular weight excluding hydrogens is 404 g/mol. The minimum Gasteiger partial charge on any atom is -0.388 e. The molecule has 4 rings (SSSR count). The normalized spacial score (nSPS) is 16.1. The number of pyridine rings is 1. The van der Waals surface area contributed by atoms with Crippen LogP contribution in [0.3, 0.4) is 0 Å². The highest BCUT2D eigenvalue weighted by molar-refractivity contribution is 5.91. The van der Waals surface area contributed by atoms with Crippen LogP contribution in [0.15, 0.2) is 60.9 Å². The third-order valence-corrected chi connectivity index (χ3v) is 6.03. The summed E-state index contributed by atoms with van der Waals surface area (Å²) >= 11 is 0. The summed E-state index contributed by atoms with van der Waals surface area (Å²) in [6.45, 7) is 3.42. The van der Waals surface area contributed by atoms with Crippen molar-refractivity contribution in [1.82, 2.24) is 29.8 Å². The van der Waals surface area contributed by atoms with Crippen molar-refractivity contribution >= 4 is 5.91 Å². The standard InChI is InChI=1S/C24H30N6O2/c1-28(14-10-21-9-5-6-13-25-21)23(31)22-18-30(27-26-22)19-24(32)11-15-29(16-12-24)17-20-7-3-2-4-8-20/h2-9,13,18,32H,10-12,14-17,19H2,1H3. The maximum atomic E-state index is 12.7. The van der Waals surface area contributed by atoms with E-state index in [1.807, 2.05) is 24.3 Å². The van der Waals surface area contributed by atoms with Gasteiger partial charge in [0.1, 0.15) is 0 Å². The first-order valence-electron chi connectivity index (χ1n) is 11.0. The smallest absolute Gasteiger partial charge is 0.275 e. The van der Waals surface area contributed by atoms with E-state index in [0.29, 0.717) is 38.0 Å². The molecule has 1 aliphatic heterocycles. The summed E-state index contributed by atoms with van der Waals surface area (Å²) in [5.74, 6) is -0.183. The molecule has 3 aromatic rings. The molecule has 1 saturated heterocycles. The fraction of sp³-hybridized carbons (Fsp3) is 0.417. The minimum absolute atomic E-state index is 0.183. The van der Waals surface area contributed by atoms with Gasteiger partial charge in [-0.05, 0) is 30.5 Å². The van der Waals surface area contributed by atoms with Crippen LogP contribution in [-0.4, -0.2) is 73.1 Å². The summed E-state index contributed by atoms with van der Waals surface area (Å²) in [6, 6.07) is 16.1. The zero-order chi connectivity index (χ0) is 22.4. The molecule has 8 nitrogen and oxygen atoms in total. The Balaban J connectivity index is 1.27. The Hall–Kier alpha value is -3.10. The molecule has 1 amide bonds. The molecular formula is C24H30N6O2. The molecule has 0 unspecified atom stereocenters. The molecule has 3 heterocycles. The second kappa shape index (κ2) is 10.0. The van der Waals surface area contributed by atoms with Crippen molar-refractivity contribution in [1.29, 1.82) is 0 Å². The van der Waals surface area contributed by atoms with Crippen LogP contribution in [0.2, 0.25) is 0 Å². The summed E-state index contributed by atoms with van der Waals surface area (Å²) < 4.78 is 1.59. The van der Waals surface area contributed by atoms with Gasteiger partial charge >= 0.3 is 0 Å². The zero-order valence-corrected chi connectivity index (χ0v) is 18.5. The van der Waals surface area contributed by atoms with Gasteiger partial charge in [-0.15, -0.1) is 5.10 Å². The Bertz CT molecular complexity index is 1000. The van der Waals surface area contributed by atoms with Crippen LogP contribution >= 0.6 is 0 Å². The number of likely N-dealkylation sites (tertiary alicyclic amines) is 1. The van der Waals surface area contributed by atoms with Crippen molar-refractivity contribution in [2.45, 2.75) is 38.0 Å². The number of likely N-dealkylation sites (N-methyl/N-ethyl adjacent to an activating group) is 1. The molecule has 0 aliphatic carbocycles. The molecule has 168 valence electrons. The number of carbonyl (C=O) groups is 1. The topological polar surface area (TPSA) is 87.4 Å². The number of hydrogen-bond donors (Lipinski definition) is 1. The number of piperidine rings is 1. The van der Waals surface area contributed by atoms with Gasteiger partial charge in [-0.2, -0.15) is 0 Å². The lowest BCUT2D eigenvalue weighted by Gasteiger charge is -2.38. The maximum absolute atomic E-state index is 12.7. The molecule has 1 fully saturated rings. The van der Waals surface area contributed by atoms with Crippen LogP contribution < -0.4 is 0 Å². The van der Waals surface area contributed by atoms with Gasteiger partial charge in [0.05, 0.1) is 18.3 Å². The number of carbonyl (C=O) groups excluding carboxylic acids is 1. The largest absolute Gasteiger partial charge is 0.388 e. The van der Waals surface area contributed by atoms with Crippen LogP contribution in [0.4, 0.5) is 0 Å². The van der Waals surface area contributed by atoms with E-state index in [1.54, 1.807) is 29.0 Å². The molecule has 1 aliphatic rings. The fourth-order valence-electron chi connectivity index (χ4n) is 4.03. The summed E-state index contributed by atoms with van der Waals surface area (Å²) in [5, 5.41) is 19.2. The van der Waals surface area contributed by atoms with Crippen molar-refractivity contribution in [3.63, 3.8) is 0 Å². The Morgan fingerprint density at radius 3 is 2.59 bits per heavy atom. The van der Waals surface area contributed by atoms with E-state index in [4.69, 9.17) is 0 Å². The molecule has 2 aromatic heterocycles. The first kappa shape index (κ1) is 22.1. The van der Waals surface area contributed by atoms with Crippen molar-refractivity contribution in [2.75, 3.05) is 26.7 Å². The minimum atomic E-state index is -0.841. The van der Waals surface area contributed by atoms with Gasteiger partial charge in [-0.25, -0.2) is 4.68 Å². The highest BCUT2D eigenvalue weighted by Crippen LogP contribution is 2.25. The molecule has 1 aromatic carbocycles. The van der Waals surface area contributed by atoms with E-state index in [2.05, 4.69) is 44.5 Å². The van der Waals surface area contributed by atoms with Crippen molar-refractivity contribution < 1.29 is 9.90 Å². The van der Waals surface area contributed by atoms with Gasteiger partial charge in [0, 0.05) is 51.5 Å². The quantitative estimate of drug-likeness (QED) is 0.584. The number of benzene rings is 1. The van der Waals surface area contributed by atoms with Gasteiger partial charge in [0.15, 0.2) is 5.69 Å². The molecule has 32 heavy (non-hydrogen) atoms. The van der Waals surface area contributed by atoms with Crippen LogP contribution in [0.25, 0.3) is 0 Å². The van der Waals surface area contributed by atoms with E-state index >= 15 is 0 Å². The van der Waals surface area contributed by atoms with Crippen molar-refractivity contribution in [2.24, 2.45) is 0 Å². The van der Waals surface area contributed by atoms with Crippen molar-refractivity contribution in [3.05, 3.63) is 77.9 Å². The Morgan fingerprint density at radius 2 is 1.88 bits per heavy atom. The molecule has 0 bridgehead atoms. The first-order valence-corrected chi connectivity index (χ1v) is 11.0. The van der Waals surface area contributed by atoms with Gasteiger partial charge in [-0.3, -0.25) is 14.7 Å². The predicted molar refractivity (Wildman–Crippen MR) is 121 cm³/mol. The number of nitrogens with zero attached hydrogens (tertiary/aromatic N) is 6. The maximum Gasteiger partial charge on any atom is 0.275 e. The van der Waals surface area contributed by atoms with Crippen LogP contribution in [0.5, 0.6) is 0 Å². The number of aromatic nitrogens is 4. The molecule has 8 heteroatoms. The summed E-state index contributed by atoms with van der Waals surface area (Å²) in [6.07, 6.45) is 5.38. The van der Waals surface area contributed by atoms with Crippen LogP contribution in [0, 0.1) is 0 Å². The summed E-state index contributed by atoms with van der Waals surface area (Å²) in [4.78, 5) is 21.0. The third kappa shape index (κ3) is 5.77. The zero-order valence-electron chi connectivity index (χ0n) is 18.5. The van der Waals surface area contributed by atoms with Gasteiger partial charge in [0.2, 0.25) is 0 Å². The number of amides is 1. The fourth-order valence-corrected chi connectivity index (χ4v) is 4.03. The summed E-state index contributed by atoms with van der Waals surface area (Å²) in [7, 11) is 1.75. The van der Waals surface area contributed by atoms with E-state index in [-0.39, 0.29) is 5.91 Å². The highest BCUT2D eigenvalue weighted by atomic mass is 16.3. The monoisotopic (exact) mass is 434 g/mol. The second-order valence-electron chi connectivity index (χ2n) is 8.59. The lowest BCUT2D eigenvalue weighted by molar-refractivity contribution is -0.0383. The van der Waals surface area contributed by atoms with E-state index in [0.717, 1.165) is 25.3 Å². The molecule has 1 N–H and O–H groups in total. The van der Waals surface area contributed by atoms with Gasteiger partial charge in [-0.1, -0.05) is 41.6 Å². The summed E-state index contributed by atoms with van der Waals surface area (Å²) in [5.41, 5.74) is 1.67. The van der Waals surface area contributed by atoms with Gasteiger partial charge in [0.25, 0.3) is 5.91 Å². The average Bonchev–Trinajstić information content (AvgIpc) is 3.28. The average molecular weight is 435 g/mol. The number of aliphatic hydroxyl groups is 1. The third-order valence-electron chi connectivity index (χ3n) is 6.03. The second-order valence-corrected chi connectivity index (χ2v) is 8.59. The first-order chi connectivity index (χ1) is 15.5. The van der Waals surface area contributed by atoms with Crippen LogP contribution in [0.1, 0.15) is 34.6 Å².